The van der Waals surface area contributed by atoms with Gasteiger partial charge in [-0.05, 0) is 24.1 Å². The minimum absolute atomic E-state index is 0.210. The van der Waals surface area contributed by atoms with E-state index >= 15 is 0 Å². The van der Waals surface area contributed by atoms with Crippen molar-refractivity contribution in [2.24, 2.45) is 5.10 Å². The van der Waals surface area contributed by atoms with Crippen LogP contribution in [0.15, 0.2) is 29.9 Å². The van der Waals surface area contributed by atoms with Crippen LogP contribution in [0.25, 0.3) is 0 Å². The third-order valence-electron chi connectivity index (χ3n) is 3.95. The molecule has 28 heavy (non-hydrogen) atoms. The Morgan fingerprint density at radius 3 is 2.79 bits per heavy atom. The monoisotopic (exact) mass is 391 g/mol. The zero-order chi connectivity index (χ0) is 20.4. The molecule has 0 saturated carbocycles. The highest BCUT2D eigenvalue weighted by Gasteiger charge is 2.15. The van der Waals surface area contributed by atoms with Gasteiger partial charge in [-0.1, -0.05) is 6.08 Å². The molecular formula is C19H25N3O6. The first-order chi connectivity index (χ1) is 13.5. The van der Waals surface area contributed by atoms with E-state index in [1.54, 1.807) is 18.2 Å². The van der Waals surface area contributed by atoms with Crippen LogP contribution in [0, 0.1) is 0 Å². The van der Waals surface area contributed by atoms with Crippen LogP contribution < -0.4 is 14.9 Å². The Bertz CT molecular complexity index is 729. The lowest BCUT2D eigenvalue weighted by Crippen LogP contribution is -2.42. The number of hydrogen-bond donors (Lipinski definition) is 2. The van der Waals surface area contributed by atoms with Gasteiger partial charge in [0.1, 0.15) is 0 Å². The summed E-state index contributed by atoms with van der Waals surface area (Å²) in [7, 11) is 1.46. The number of amides is 1. The van der Waals surface area contributed by atoms with E-state index in [0.717, 1.165) is 13.1 Å². The fourth-order valence-electron chi connectivity index (χ4n) is 2.69. The summed E-state index contributed by atoms with van der Waals surface area (Å²) >= 11 is 0. The van der Waals surface area contributed by atoms with Gasteiger partial charge in [0.15, 0.2) is 18.1 Å². The van der Waals surface area contributed by atoms with E-state index in [-0.39, 0.29) is 12.5 Å². The van der Waals surface area contributed by atoms with E-state index < -0.39 is 12.6 Å². The molecule has 1 saturated heterocycles. The number of carbonyl (C=O) groups excluding carboxylic acids is 1. The predicted molar refractivity (Wildman–Crippen MR) is 103 cm³/mol. The minimum atomic E-state index is -1.08. The molecule has 1 heterocycles. The molecule has 1 fully saturated rings. The number of methoxy groups -OCH3 is 1. The van der Waals surface area contributed by atoms with Crippen molar-refractivity contribution < 1.29 is 28.9 Å². The van der Waals surface area contributed by atoms with Crippen molar-refractivity contribution in [2.75, 3.05) is 46.6 Å². The molecule has 1 aliphatic rings. The number of morpholine rings is 1. The molecule has 0 bridgehead atoms. The second-order valence-corrected chi connectivity index (χ2v) is 6.07. The predicted octanol–water partition coefficient (Wildman–Crippen LogP) is 0.669. The van der Waals surface area contributed by atoms with Gasteiger partial charge in [-0.15, -0.1) is 6.58 Å². The number of nitrogens with zero attached hydrogens (tertiary/aromatic N) is 2. The Kier molecular flexibility index (Phi) is 8.44. The summed E-state index contributed by atoms with van der Waals surface area (Å²) in [5.41, 5.74) is 3.87. The number of benzene rings is 1. The molecule has 0 aromatic heterocycles. The standard InChI is InChI=1S/C19H25N3O6/c1-3-4-15-9-14(10-16(26-2)19(15)28-13-18(24)25)11-20-21-17(23)12-22-5-7-27-8-6-22/h3,9-11H,1,4-8,12-13H2,2H3,(H,21,23)(H,24,25)/b20-11-. The van der Waals surface area contributed by atoms with E-state index in [0.29, 0.717) is 42.3 Å². The quantitative estimate of drug-likeness (QED) is 0.343. The normalized spacial score (nSPS) is 14.6. The molecule has 0 atom stereocenters. The number of carbonyl (C=O) groups is 2. The minimum Gasteiger partial charge on any atom is -0.493 e. The number of hydrogen-bond acceptors (Lipinski definition) is 7. The molecule has 2 N–H and O–H groups in total. The van der Waals surface area contributed by atoms with Crippen LogP contribution in [0.3, 0.4) is 0 Å². The number of hydrazone groups is 1. The number of allylic oxidation sites excluding steroid dienone is 1. The Hall–Kier alpha value is -2.91. The van der Waals surface area contributed by atoms with Gasteiger partial charge in [0.25, 0.3) is 5.91 Å². The van der Waals surface area contributed by atoms with Gasteiger partial charge in [0.2, 0.25) is 0 Å². The molecule has 0 radical (unpaired) electrons. The number of nitrogens with one attached hydrogen (secondary N) is 1. The summed E-state index contributed by atoms with van der Waals surface area (Å²) in [6.45, 7) is 6.16. The maximum absolute atomic E-state index is 12.0. The average molecular weight is 391 g/mol. The number of carboxylic acids is 1. The van der Waals surface area contributed by atoms with Crippen LogP contribution in [0.5, 0.6) is 11.5 Å². The Morgan fingerprint density at radius 2 is 2.14 bits per heavy atom. The molecule has 0 aliphatic carbocycles. The fraction of sp³-hybridized carbons (Fsp3) is 0.421. The Balaban J connectivity index is 2.05. The lowest BCUT2D eigenvalue weighted by molar-refractivity contribution is -0.139. The molecular weight excluding hydrogens is 366 g/mol. The van der Waals surface area contributed by atoms with Crippen molar-refractivity contribution >= 4 is 18.1 Å². The van der Waals surface area contributed by atoms with Crippen LogP contribution in [-0.4, -0.2) is 74.7 Å². The van der Waals surface area contributed by atoms with Crippen LogP contribution >= 0.6 is 0 Å². The highest BCUT2D eigenvalue weighted by Crippen LogP contribution is 2.33. The summed E-state index contributed by atoms with van der Waals surface area (Å²) in [6, 6.07) is 3.43. The van der Waals surface area contributed by atoms with E-state index in [2.05, 4.69) is 17.1 Å². The zero-order valence-electron chi connectivity index (χ0n) is 15.8. The summed E-state index contributed by atoms with van der Waals surface area (Å²) in [5.74, 6) is -0.571. The second kappa shape index (κ2) is 11.1. The van der Waals surface area contributed by atoms with Gasteiger partial charge in [0, 0.05) is 18.7 Å². The summed E-state index contributed by atoms with van der Waals surface area (Å²) in [6.07, 6.45) is 3.62. The molecule has 1 amide bonds. The largest absolute Gasteiger partial charge is 0.493 e. The summed E-state index contributed by atoms with van der Waals surface area (Å²) in [5, 5.41) is 12.8. The Labute approximate surface area is 163 Å². The average Bonchev–Trinajstić information content (AvgIpc) is 2.67. The highest BCUT2D eigenvalue weighted by molar-refractivity contribution is 5.84. The molecule has 1 aromatic rings. The molecule has 0 unspecified atom stereocenters. The molecule has 152 valence electrons. The third kappa shape index (κ3) is 6.67. The first-order valence-corrected chi connectivity index (χ1v) is 8.82. The van der Waals surface area contributed by atoms with Crippen molar-refractivity contribution in [3.8, 4) is 11.5 Å². The van der Waals surface area contributed by atoms with Crippen LogP contribution in [-0.2, 0) is 20.7 Å². The molecule has 9 nitrogen and oxygen atoms in total. The van der Waals surface area contributed by atoms with Gasteiger partial charge >= 0.3 is 5.97 Å². The smallest absolute Gasteiger partial charge is 0.341 e. The van der Waals surface area contributed by atoms with Crippen molar-refractivity contribution in [3.63, 3.8) is 0 Å². The van der Waals surface area contributed by atoms with Gasteiger partial charge in [-0.3, -0.25) is 9.69 Å². The van der Waals surface area contributed by atoms with Crippen molar-refractivity contribution in [2.45, 2.75) is 6.42 Å². The molecule has 9 heteroatoms. The lowest BCUT2D eigenvalue weighted by atomic mass is 10.1. The number of carboxylic acid groups (broad SMARTS) is 1. The van der Waals surface area contributed by atoms with E-state index in [4.69, 9.17) is 19.3 Å². The molecule has 1 aromatic carbocycles. The van der Waals surface area contributed by atoms with Gasteiger partial charge < -0.3 is 19.3 Å². The first-order valence-electron chi connectivity index (χ1n) is 8.82. The van der Waals surface area contributed by atoms with Gasteiger partial charge in [0.05, 0.1) is 33.1 Å². The van der Waals surface area contributed by atoms with E-state index in [1.807, 2.05) is 4.90 Å². The third-order valence-corrected chi connectivity index (χ3v) is 3.95. The van der Waals surface area contributed by atoms with Crippen LogP contribution in [0.1, 0.15) is 11.1 Å². The van der Waals surface area contributed by atoms with E-state index in [9.17, 15) is 9.59 Å². The van der Waals surface area contributed by atoms with Gasteiger partial charge in [-0.2, -0.15) is 5.10 Å². The summed E-state index contributed by atoms with van der Waals surface area (Å²) in [4.78, 5) is 24.8. The number of aliphatic carboxylic acids is 1. The molecule has 2 rings (SSSR count). The number of ether oxygens (including phenoxy) is 3. The topological polar surface area (TPSA) is 110 Å². The summed E-state index contributed by atoms with van der Waals surface area (Å²) < 4.78 is 15.9. The Morgan fingerprint density at radius 1 is 1.39 bits per heavy atom. The van der Waals surface area contributed by atoms with Crippen LogP contribution in [0.2, 0.25) is 0 Å². The van der Waals surface area contributed by atoms with Crippen LogP contribution in [0.4, 0.5) is 0 Å². The van der Waals surface area contributed by atoms with E-state index in [1.165, 1.54) is 13.3 Å². The molecule has 1 aliphatic heterocycles. The SMILES string of the molecule is C=CCc1cc(/C=N\NC(=O)CN2CCOCC2)cc(OC)c1OCC(=O)O. The lowest BCUT2D eigenvalue weighted by Gasteiger charge is -2.25. The first kappa shape index (κ1) is 21.4. The highest BCUT2D eigenvalue weighted by atomic mass is 16.5. The molecule has 0 spiro atoms. The maximum Gasteiger partial charge on any atom is 0.341 e. The van der Waals surface area contributed by atoms with Gasteiger partial charge in [-0.25, -0.2) is 10.2 Å². The van der Waals surface area contributed by atoms with Crippen molar-refractivity contribution in [3.05, 3.63) is 35.9 Å². The zero-order valence-corrected chi connectivity index (χ0v) is 15.8. The number of rotatable bonds is 10. The second-order valence-electron chi connectivity index (χ2n) is 6.07. The van der Waals surface area contributed by atoms with Crippen molar-refractivity contribution in [1.29, 1.82) is 0 Å². The van der Waals surface area contributed by atoms with Crippen molar-refractivity contribution in [1.82, 2.24) is 10.3 Å². The fourth-order valence-corrected chi connectivity index (χ4v) is 2.69. The maximum atomic E-state index is 12.0.